The van der Waals surface area contributed by atoms with Gasteiger partial charge in [-0.3, -0.25) is 15.0 Å². The predicted molar refractivity (Wildman–Crippen MR) is 244 cm³/mol. The van der Waals surface area contributed by atoms with E-state index in [9.17, 15) is 21.7 Å². The Kier molecular flexibility index (Phi) is 7.75. The minimum absolute atomic E-state index is 0.153. The monoisotopic (exact) mass is 790 g/mol. The van der Waals surface area contributed by atoms with Crippen LogP contribution in [0.15, 0.2) is 169 Å². The molecule has 9 aromatic rings. The van der Waals surface area contributed by atoms with Gasteiger partial charge >= 0.3 is 0 Å². The Hall–Kier alpha value is -7.16. The van der Waals surface area contributed by atoms with Crippen LogP contribution in [0.2, 0.25) is 0 Å². The number of nitriles is 1. The van der Waals surface area contributed by atoms with Crippen molar-refractivity contribution in [2.45, 2.75) is 58.0 Å². The first-order chi connectivity index (χ1) is 34.0. The van der Waals surface area contributed by atoms with Gasteiger partial charge in [-0.1, -0.05) is 117 Å². The van der Waals surface area contributed by atoms with Gasteiger partial charge in [-0.2, -0.15) is 5.26 Å². The quantitative estimate of drug-likeness (QED) is 0.116. The van der Waals surface area contributed by atoms with E-state index in [0.717, 1.165) is 40.1 Å². The number of aromatic nitrogens is 3. The van der Waals surface area contributed by atoms with Gasteiger partial charge in [-0.05, 0) is 126 Å². The highest BCUT2D eigenvalue weighted by Crippen LogP contribution is 2.37. The van der Waals surface area contributed by atoms with Crippen molar-refractivity contribution in [3.8, 4) is 39.8 Å². The number of aryl methyl sites for hydroxylation is 6. The molecule has 0 N–H and O–H groups in total. The lowest BCUT2D eigenvalue weighted by molar-refractivity contribution is 0.669. The second kappa shape index (κ2) is 17.4. The highest BCUT2D eigenvalue weighted by atomic mass is 16.3. The largest absolute Gasteiger partial charge is 0.455 e. The smallest absolute Gasteiger partial charge is 0.144 e. The van der Waals surface area contributed by atoms with Gasteiger partial charge in [0.15, 0.2) is 0 Å². The average molecular weight is 791 g/mol. The van der Waals surface area contributed by atoms with Gasteiger partial charge < -0.3 is 4.42 Å². The molecule has 0 unspecified atom stereocenters. The third-order valence-corrected chi connectivity index (χ3v) is 10.1. The molecular weight excluding hydrogens is 733 g/mol. The zero-order valence-electron chi connectivity index (χ0n) is 44.9. The van der Waals surface area contributed by atoms with E-state index in [1.165, 1.54) is 30.7 Å². The van der Waals surface area contributed by atoms with Crippen LogP contribution in [0.5, 0.6) is 0 Å². The van der Waals surface area contributed by atoms with E-state index in [4.69, 9.17) is 4.42 Å². The fourth-order valence-electron chi connectivity index (χ4n) is 7.04. The summed E-state index contributed by atoms with van der Waals surface area (Å²) in [4.78, 5) is 13.5. The lowest BCUT2D eigenvalue weighted by Gasteiger charge is -2.16. The van der Waals surface area contributed by atoms with E-state index < -0.39 is 60.8 Å². The van der Waals surface area contributed by atoms with Crippen molar-refractivity contribution in [3.05, 3.63) is 209 Å². The van der Waals surface area contributed by atoms with Crippen molar-refractivity contribution in [1.82, 2.24) is 15.0 Å². The first-order valence-electron chi connectivity index (χ1n) is 25.6. The van der Waals surface area contributed by atoms with Crippen LogP contribution in [0, 0.1) is 11.3 Å². The summed E-state index contributed by atoms with van der Waals surface area (Å²) in [5.74, 6) is -0.408. The minimum atomic E-state index is -3.13. The molecule has 4 aromatic heterocycles. The number of benzene rings is 5. The van der Waals surface area contributed by atoms with Gasteiger partial charge in [0.2, 0.25) is 0 Å². The van der Waals surface area contributed by atoms with Crippen LogP contribution >= 0.6 is 0 Å². The Balaban J connectivity index is 1.17. The lowest BCUT2D eigenvalue weighted by atomic mass is 9.91. The fourth-order valence-corrected chi connectivity index (χ4v) is 7.04. The molecule has 0 spiro atoms. The highest BCUT2D eigenvalue weighted by Gasteiger charge is 2.17. The summed E-state index contributed by atoms with van der Waals surface area (Å²) < 4.78 is 120. The molecule has 0 saturated heterocycles. The van der Waals surface area contributed by atoms with E-state index in [1.54, 1.807) is 42.5 Å². The third kappa shape index (κ3) is 8.51. The summed E-state index contributed by atoms with van der Waals surface area (Å²) in [5.41, 5.74) is 3.01. The topological polar surface area (TPSA) is 75.6 Å². The summed E-state index contributed by atoms with van der Waals surface area (Å²) in [6, 6.07) is 41.5. The van der Waals surface area contributed by atoms with Crippen molar-refractivity contribution in [2.75, 3.05) is 0 Å². The molecule has 0 aliphatic carbocycles. The molecular formula is C55H46N4O. The van der Waals surface area contributed by atoms with Gasteiger partial charge in [0, 0.05) is 62.5 Å². The van der Waals surface area contributed by atoms with Crippen LogP contribution in [0.1, 0.15) is 80.7 Å². The van der Waals surface area contributed by atoms with Crippen molar-refractivity contribution in [1.29, 1.82) is 5.26 Å². The van der Waals surface area contributed by atoms with E-state index in [0.29, 0.717) is 44.9 Å². The molecule has 292 valence electrons. The van der Waals surface area contributed by atoms with Crippen LogP contribution in [-0.4, -0.2) is 15.0 Å². The van der Waals surface area contributed by atoms with Crippen molar-refractivity contribution in [2.24, 2.45) is 0 Å². The molecule has 5 nitrogen and oxygen atoms in total. The number of hydrogen-bond donors (Lipinski definition) is 0. The van der Waals surface area contributed by atoms with Gasteiger partial charge in [0.05, 0.1) is 28.7 Å². The number of para-hydroxylation sites is 1. The lowest BCUT2D eigenvalue weighted by Crippen LogP contribution is -2.03. The molecule has 0 radical (unpaired) electrons. The predicted octanol–water partition coefficient (Wildman–Crippen LogP) is 13.1. The zero-order valence-corrected chi connectivity index (χ0v) is 32.9. The zero-order chi connectivity index (χ0) is 51.6. The molecule has 5 aromatic carbocycles. The maximum atomic E-state index is 9.69. The van der Waals surface area contributed by atoms with Crippen molar-refractivity contribution in [3.63, 3.8) is 0 Å². The number of rotatable bonds is 13. The summed E-state index contributed by atoms with van der Waals surface area (Å²) in [5, 5.41) is 11.1. The Bertz CT molecular complexity index is 3390. The Labute approximate surface area is 368 Å². The first-order valence-corrected chi connectivity index (χ1v) is 19.6. The molecule has 0 aliphatic rings. The second-order valence-corrected chi connectivity index (χ2v) is 14.6. The normalized spacial score (nSPS) is 15.8. The Morgan fingerprint density at radius 3 is 1.65 bits per heavy atom. The second-order valence-electron chi connectivity index (χ2n) is 14.6. The molecule has 0 atom stereocenters. The molecule has 9 rings (SSSR count). The van der Waals surface area contributed by atoms with Crippen LogP contribution < -0.4 is 0 Å². The highest BCUT2D eigenvalue weighted by molar-refractivity contribution is 6.09. The Morgan fingerprint density at radius 2 is 1.10 bits per heavy atom. The number of fused-ring (bicyclic) bond motifs is 3. The molecule has 0 fully saturated rings. The number of hydrogen-bond acceptors (Lipinski definition) is 5. The van der Waals surface area contributed by atoms with Gasteiger partial charge in [-0.25, -0.2) is 0 Å². The van der Waals surface area contributed by atoms with Crippen molar-refractivity contribution >= 4 is 21.9 Å². The summed E-state index contributed by atoms with van der Waals surface area (Å²) in [7, 11) is 0. The summed E-state index contributed by atoms with van der Waals surface area (Å²) >= 11 is 0. The number of pyridine rings is 3. The van der Waals surface area contributed by atoms with E-state index in [-0.39, 0.29) is 16.7 Å². The summed E-state index contributed by atoms with van der Waals surface area (Å²) in [6.07, 6.45) is -14.5. The molecule has 60 heavy (non-hydrogen) atoms. The van der Waals surface area contributed by atoms with E-state index in [2.05, 4.69) is 21.0 Å². The third-order valence-electron chi connectivity index (χ3n) is 10.1. The van der Waals surface area contributed by atoms with Crippen LogP contribution in [0.3, 0.4) is 0 Å². The van der Waals surface area contributed by atoms with Crippen LogP contribution in [0.25, 0.3) is 55.7 Å². The van der Waals surface area contributed by atoms with Gasteiger partial charge in [0.25, 0.3) is 0 Å². The van der Waals surface area contributed by atoms with Gasteiger partial charge in [-0.15, -0.1) is 0 Å². The van der Waals surface area contributed by atoms with Crippen molar-refractivity contribution < 1.29 is 20.9 Å². The first kappa shape index (κ1) is 26.8. The average Bonchev–Trinajstić information content (AvgIpc) is 3.77. The SMILES string of the molecule is [2H]C([2H])(c1ccc(-c2ccccc2)nc1)C([2H])([2H])c1cc(C([2H])([2H])C([2H])([2H])c2ccc(-c3ccccc3)nc2)cc(C([2H])([2H])C([2H])([2H])c2cnc(-c3cccc4c3oc3cc(C#N)ccc34)cc2C(C)C)c1. The molecule has 4 heterocycles. The van der Waals surface area contributed by atoms with Gasteiger partial charge in [0.1, 0.15) is 11.2 Å². The molecule has 5 heteroatoms. The number of furan rings is 1. The van der Waals surface area contributed by atoms with E-state index in [1.807, 2.05) is 86.6 Å². The van der Waals surface area contributed by atoms with E-state index >= 15 is 0 Å². The molecule has 0 amide bonds. The Morgan fingerprint density at radius 1 is 0.533 bits per heavy atom. The minimum Gasteiger partial charge on any atom is -0.455 e. The molecule has 0 aliphatic heterocycles. The molecule has 0 bridgehead atoms. The fraction of sp³-hybridized carbons (Fsp3) is 0.164. The standard InChI is InChI=1S/C55H46N4O/c1-37(2)50-32-53(49-15-9-14-48-47-25-21-43(33-56)31-54(47)60-55(48)49)59-36-46(50)24-20-42-29-40(18-16-38-22-26-51(57-34-38)44-10-5-3-6-11-44)28-41(30-42)19-17-39-23-27-52(58-35-39)45-12-7-4-8-13-45/h3-15,21-23,25-32,34-37H,16-20,24H2,1-2H3/i16D2,17D2,18D2,19D2,20D2,24D2. The maximum Gasteiger partial charge on any atom is 0.144 e. The maximum absolute atomic E-state index is 9.69. The van der Waals surface area contributed by atoms with Crippen LogP contribution in [-0.2, 0) is 38.2 Å². The molecule has 0 saturated carbocycles. The number of nitrogens with zero attached hydrogens (tertiary/aromatic N) is 4. The summed E-state index contributed by atoms with van der Waals surface area (Å²) in [6.45, 7) is 3.63. The van der Waals surface area contributed by atoms with Crippen LogP contribution in [0.4, 0.5) is 0 Å².